The number of nitrogens with zero attached hydrogens (tertiary/aromatic N) is 1. The number of carbonyl (C=O) groups is 1. The highest BCUT2D eigenvalue weighted by molar-refractivity contribution is 8.00. The van der Waals surface area contributed by atoms with Gasteiger partial charge < -0.3 is 10.1 Å². The van der Waals surface area contributed by atoms with Crippen LogP contribution in [0.15, 0.2) is 58.4 Å². The number of halogens is 1. The quantitative estimate of drug-likeness (QED) is 0.465. The van der Waals surface area contributed by atoms with Crippen molar-refractivity contribution in [1.29, 1.82) is 0 Å². The van der Waals surface area contributed by atoms with Crippen LogP contribution in [-0.4, -0.2) is 22.8 Å². The van der Waals surface area contributed by atoms with Crippen molar-refractivity contribution in [2.75, 3.05) is 12.4 Å². The Balaban J connectivity index is 1.33. The van der Waals surface area contributed by atoms with Gasteiger partial charge in [-0.15, -0.1) is 11.8 Å². The van der Waals surface area contributed by atoms with Crippen molar-refractivity contribution >= 4 is 46.3 Å². The maximum absolute atomic E-state index is 13.2. The third-order valence-corrected chi connectivity index (χ3v) is 10.7. The fourth-order valence-corrected chi connectivity index (χ4v) is 9.43. The first-order valence-corrected chi connectivity index (χ1v) is 13.7. The lowest BCUT2D eigenvalue weighted by atomic mass is 9.75. The van der Waals surface area contributed by atoms with Crippen molar-refractivity contribution in [1.82, 2.24) is 4.57 Å². The van der Waals surface area contributed by atoms with Gasteiger partial charge in [-0.05, 0) is 79.0 Å². The van der Waals surface area contributed by atoms with E-state index >= 15 is 0 Å². The topological polar surface area (TPSA) is 60.3 Å². The maximum atomic E-state index is 13.2. The van der Waals surface area contributed by atoms with E-state index in [0.717, 1.165) is 20.7 Å². The molecule has 1 N–H and O–H groups in total. The Morgan fingerprint density at radius 1 is 1.12 bits per heavy atom. The summed E-state index contributed by atoms with van der Waals surface area (Å²) in [6.45, 7) is 0.0164. The van der Waals surface area contributed by atoms with Crippen LogP contribution in [0, 0.1) is 17.8 Å². The molecular weight excluding hydrogens is 488 g/mol. The SMILES string of the molecule is COc1ccc(NC(=O)Cn2c3c(sc2=O)[C@H](c2ccc(Cl)cc2)[C@@H]2[C@H]4CC[C@@H](C4)[C@@H]2S3)cc1. The number of methoxy groups -OCH3 is 1. The molecule has 3 aromatic rings. The monoisotopic (exact) mass is 512 g/mol. The second-order valence-corrected chi connectivity index (χ2v) is 12.0. The van der Waals surface area contributed by atoms with Crippen LogP contribution < -0.4 is 14.9 Å². The molecule has 2 saturated carbocycles. The summed E-state index contributed by atoms with van der Waals surface area (Å²) in [7, 11) is 1.61. The van der Waals surface area contributed by atoms with Crippen molar-refractivity contribution in [2.24, 2.45) is 17.8 Å². The molecule has 0 saturated heterocycles. The van der Waals surface area contributed by atoms with Gasteiger partial charge in [-0.25, -0.2) is 0 Å². The molecule has 3 aliphatic rings. The van der Waals surface area contributed by atoms with Gasteiger partial charge in [-0.1, -0.05) is 35.1 Å². The largest absolute Gasteiger partial charge is 0.497 e. The van der Waals surface area contributed by atoms with Crippen LogP contribution in [0.25, 0.3) is 0 Å². The molecule has 1 aromatic heterocycles. The van der Waals surface area contributed by atoms with Crippen LogP contribution in [0.4, 0.5) is 5.69 Å². The van der Waals surface area contributed by atoms with Crippen LogP contribution >= 0.6 is 34.7 Å². The third-order valence-electron chi connectivity index (χ3n) is 7.60. The summed E-state index contributed by atoms with van der Waals surface area (Å²) in [5.74, 6) is 2.66. The molecule has 1 aliphatic heterocycles. The van der Waals surface area contributed by atoms with Gasteiger partial charge in [0.05, 0.1) is 12.1 Å². The molecule has 1 amide bonds. The molecule has 6 rings (SSSR count). The zero-order valence-electron chi connectivity index (χ0n) is 18.7. The predicted molar refractivity (Wildman–Crippen MR) is 137 cm³/mol. The highest BCUT2D eigenvalue weighted by Gasteiger charge is 2.55. The van der Waals surface area contributed by atoms with Crippen LogP contribution in [0.5, 0.6) is 5.75 Å². The molecule has 2 aromatic carbocycles. The number of hydrogen-bond acceptors (Lipinski definition) is 5. The average Bonchev–Trinajstić information content (AvgIpc) is 3.53. The Bertz CT molecular complexity index is 1280. The summed E-state index contributed by atoms with van der Waals surface area (Å²) in [6, 6.07) is 15.3. The molecule has 34 heavy (non-hydrogen) atoms. The van der Waals surface area contributed by atoms with Gasteiger partial charge in [-0.2, -0.15) is 0 Å². The second-order valence-electron chi connectivity index (χ2n) is 9.42. The summed E-state index contributed by atoms with van der Waals surface area (Å²) >= 11 is 9.34. The van der Waals surface area contributed by atoms with Crippen LogP contribution in [0.2, 0.25) is 5.02 Å². The van der Waals surface area contributed by atoms with Gasteiger partial charge in [0.25, 0.3) is 0 Å². The molecular formula is C26H25ClN2O3S2. The number of fused-ring (bicyclic) bond motifs is 6. The first kappa shape index (κ1) is 22.3. The van der Waals surface area contributed by atoms with Crippen molar-refractivity contribution < 1.29 is 9.53 Å². The first-order chi connectivity index (χ1) is 16.5. The molecule has 8 heteroatoms. The summed E-state index contributed by atoms with van der Waals surface area (Å²) in [5, 5.41) is 5.11. The molecule has 5 atom stereocenters. The van der Waals surface area contributed by atoms with Crippen molar-refractivity contribution in [3.63, 3.8) is 0 Å². The zero-order valence-corrected chi connectivity index (χ0v) is 21.1. The van der Waals surface area contributed by atoms with Gasteiger partial charge in [0.1, 0.15) is 12.3 Å². The van der Waals surface area contributed by atoms with E-state index in [0.29, 0.717) is 28.7 Å². The number of nitrogens with one attached hydrogen (secondary N) is 1. The number of ether oxygens (including phenoxy) is 1. The first-order valence-electron chi connectivity index (χ1n) is 11.6. The molecule has 5 nitrogen and oxygen atoms in total. The standard InChI is InChI=1S/C26H25ClN2O3S2/c1-32-19-10-8-18(9-11-19)28-20(30)13-29-25-24(34-26(29)31)21(14-4-6-17(27)7-5-14)22-15-2-3-16(12-15)23(22)33-25/h4-11,15-16,21-23H,2-3,12-13H2,1H3,(H,28,30)/t15-,16-,21+,22-,23-/m0/s1. The van der Waals surface area contributed by atoms with Gasteiger partial charge in [0, 0.05) is 26.8 Å². The van der Waals surface area contributed by atoms with Gasteiger partial charge in [0.2, 0.25) is 5.91 Å². The number of aromatic nitrogens is 1. The number of rotatable bonds is 5. The molecule has 176 valence electrons. The Labute approximate surface area is 211 Å². The van der Waals surface area contributed by atoms with Crippen molar-refractivity contribution in [2.45, 2.75) is 42.0 Å². The van der Waals surface area contributed by atoms with E-state index in [1.54, 1.807) is 35.9 Å². The van der Waals surface area contributed by atoms with Crippen LogP contribution in [0.1, 0.15) is 35.6 Å². The van der Waals surface area contributed by atoms with Crippen LogP contribution in [-0.2, 0) is 11.3 Å². The maximum Gasteiger partial charge on any atom is 0.308 e. The highest BCUT2D eigenvalue weighted by Crippen LogP contribution is 2.64. The molecule has 0 unspecified atom stereocenters. The van der Waals surface area contributed by atoms with Crippen molar-refractivity contribution in [3.8, 4) is 5.75 Å². The number of thiazole rings is 1. The Kier molecular flexibility index (Phi) is 5.74. The number of benzene rings is 2. The summed E-state index contributed by atoms with van der Waals surface area (Å²) in [4.78, 5) is 27.1. The summed E-state index contributed by atoms with van der Waals surface area (Å²) in [6.07, 6.45) is 3.84. The highest BCUT2D eigenvalue weighted by atomic mass is 35.5. The average molecular weight is 513 g/mol. The molecule has 2 fully saturated rings. The molecule has 2 bridgehead atoms. The van der Waals surface area contributed by atoms with Gasteiger partial charge >= 0.3 is 4.87 Å². The molecule has 2 aliphatic carbocycles. The van der Waals surface area contributed by atoms with E-state index in [4.69, 9.17) is 16.3 Å². The lowest BCUT2D eigenvalue weighted by Gasteiger charge is -2.40. The number of thioether (sulfide) groups is 1. The summed E-state index contributed by atoms with van der Waals surface area (Å²) in [5.41, 5.74) is 1.91. The second kappa shape index (κ2) is 8.77. The van der Waals surface area contributed by atoms with Crippen molar-refractivity contribution in [3.05, 3.63) is 73.7 Å². The molecule has 2 heterocycles. The molecule has 0 radical (unpaired) electrons. The minimum atomic E-state index is -0.202. The number of hydrogen-bond donors (Lipinski definition) is 1. The Hall–Kier alpha value is -2.22. The molecule has 0 spiro atoms. The van der Waals surface area contributed by atoms with E-state index < -0.39 is 0 Å². The number of anilines is 1. The minimum Gasteiger partial charge on any atom is -0.497 e. The minimum absolute atomic E-state index is 0.0164. The normalized spacial score (nSPS) is 26.7. The number of carbonyl (C=O) groups excluding carboxylic acids is 1. The van der Waals surface area contributed by atoms with E-state index in [1.165, 1.54) is 36.2 Å². The van der Waals surface area contributed by atoms with Crippen LogP contribution in [0.3, 0.4) is 0 Å². The lowest BCUT2D eigenvalue weighted by Crippen LogP contribution is -2.34. The Morgan fingerprint density at radius 3 is 2.59 bits per heavy atom. The van der Waals surface area contributed by atoms with E-state index in [9.17, 15) is 9.59 Å². The third kappa shape index (κ3) is 3.78. The lowest BCUT2D eigenvalue weighted by molar-refractivity contribution is -0.116. The summed E-state index contributed by atoms with van der Waals surface area (Å²) < 4.78 is 6.87. The van der Waals surface area contributed by atoms with Gasteiger partial charge in [0.15, 0.2) is 0 Å². The van der Waals surface area contributed by atoms with Gasteiger partial charge in [-0.3, -0.25) is 14.2 Å². The number of amides is 1. The fraction of sp³-hybridized carbons (Fsp3) is 0.385. The van der Waals surface area contributed by atoms with E-state index in [1.807, 2.05) is 23.9 Å². The zero-order chi connectivity index (χ0) is 23.4. The predicted octanol–water partition coefficient (Wildman–Crippen LogP) is 5.86. The Morgan fingerprint density at radius 2 is 1.85 bits per heavy atom. The van der Waals surface area contributed by atoms with E-state index in [-0.39, 0.29) is 23.2 Å². The van der Waals surface area contributed by atoms with E-state index in [2.05, 4.69) is 17.4 Å². The smallest absolute Gasteiger partial charge is 0.308 e. The fourth-order valence-electron chi connectivity index (χ4n) is 6.15.